The molecule has 0 aliphatic heterocycles. The van der Waals surface area contributed by atoms with Gasteiger partial charge >= 0.3 is 0 Å². The number of carbonyl (C=O) groups excluding carboxylic acids is 1. The molecule has 1 heterocycles. The molecule has 0 spiro atoms. The van der Waals surface area contributed by atoms with Crippen LogP contribution in [-0.4, -0.2) is 16.4 Å². The molecular weight excluding hydrogens is 290 g/mol. The first kappa shape index (κ1) is 15.5. The van der Waals surface area contributed by atoms with E-state index in [0.717, 1.165) is 43.5 Å². The zero-order valence-corrected chi connectivity index (χ0v) is 13.0. The Morgan fingerprint density at radius 2 is 1.61 bits per heavy atom. The highest BCUT2D eigenvalue weighted by Crippen LogP contribution is 2.28. The van der Waals surface area contributed by atoms with Gasteiger partial charge in [0.15, 0.2) is 0 Å². The maximum atomic E-state index is 12.4. The molecule has 1 amide bonds. The van der Waals surface area contributed by atoms with Gasteiger partial charge in [-0.1, -0.05) is 19.3 Å². The van der Waals surface area contributed by atoms with E-state index in [0.29, 0.717) is 5.75 Å². The molecule has 3 N–H and O–H groups in total. The summed E-state index contributed by atoms with van der Waals surface area (Å²) >= 11 is 0. The Kier molecular flexibility index (Phi) is 4.57. The topological polar surface area (TPSA) is 77.2 Å². The van der Waals surface area contributed by atoms with Gasteiger partial charge in [-0.15, -0.1) is 0 Å². The van der Waals surface area contributed by atoms with Crippen molar-refractivity contribution in [1.82, 2.24) is 4.98 Å². The van der Waals surface area contributed by atoms with E-state index >= 15 is 0 Å². The van der Waals surface area contributed by atoms with Gasteiger partial charge in [0, 0.05) is 18.1 Å². The second-order valence-corrected chi connectivity index (χ2v) is 5.98. The molecule has 1 aromatic carbocycles. The van der Waals surface area contributed by atoms with Crippen LogP contribution in [-0.2, 0) is 4.79 Å². The Hall–Kier alpha value is -2.40. The Morgan fingerprint density at radius 3 is 2.26 bits per heavy atom. The van der Waals surface area contributed by atoms with Crippen molar-refractivity contribution < 1.29 is 9.53 Å². The molecule has 5 heteroatoms. The number of hydrogen-bond donors (Lipinski definition) is 2. The van der Waals surface area contributed by atoms with E-state index in [1.165, 1.54) is 0 Å². The molecule has 1 aromatic heterocycles. The van der Waals surface area contributed by atoms with Crippen LogP contribution in [0.2, 0.25) is 0 Å². The van der Waals surface area contributed by atoms with Crippen molar-refractivity contribution in [2.24, 2.45) is 5.73 Å². The standard InChI is InChI=1S/C18H21N3O2/c19-18(10-2-1-3-11-18)17(22)21-14-4-6-15(7-5-14)23-16-8-12-20-13-9-16/h4-9,12-13H,1-3,10-11,19H2,(H,21,22). The van der Waals surface area contributed by atoms with E-state index in [4.69, 9.17) is 10.5 Å². The third-order valence-electron chi connectivity index (χ3n) is 4.20. The van der Waals surface area contributed by atoms with Crippen LogP contribution in [0.4, 0.5) is 5.69 Å². The van der Waals surface area contributed by atoms with E-state index in [9.17, 15) is 4.79 Å². The first-order valence-electron chi connectivity index (χ1n) is 7.94. The molecule has 120 valence electrons. The minimum absolute atomic E-state index is 0.0972. The van der Waals surface area contributed by atoms with Gasteiger partial charge in [-0.3, -0.25) is 9.78 Å². The molecule has 2 aromatic rings. The largest absolute Gasteiger partial charge is 0.457 e. The highest BCUT2D eigenvalue weighted by Gasteiger charge is 2.35. The van der Waals surface area contributed by atoms with Crippen molar-refractivity contribution in [3.63, 3.8) is 0 Å². The number of aromatic nitrogens is 1. The van der Waals surface area contributed by atoms with E-state index in [-0.39, 0.29) is 5.91 Å². The summed E-state index contributed by atoms with van der Waals surface area (Å²) in [7, 11) is 0. The van der Waals surface area contributed by atoms with Crippen LogP contribution in [0.1, 0.15) is 32.1 Å². The van der Waals surface area contributed by atoms with Gasteiger partial charge in [-0.25, -0.2) is 0 Å². The Morgan fingerprint density at radius 1 is 1.00 bits per heavy atom. The normalized spacial score (nSPS) is 16.6. The van der Waals surface area contributed by atoms with E-state index in [2.05, 4.69) is 10.3 Å². The predicted molar refractivity (Wildman–Crippen MR) is 89.4 cm³/mol. The maximum absolute atomic E-state index is 12.4. The molecule has 1 aliphatic rings. The first-order chi connectivity index (χ1) is 11.2. The van der Waals surface area contributed by atoms with Crippen LogP contribution >= 0.6 is 0 Å². The number of rotatable bonds is 4. The van der Waals surface area contributed by atoms with E-state index < -0.39 is 5.54 Å². The summed E-state index contributed by atoms with van der Waals surface area (Å²) in [5.74, 6) is 1.33. The van der Waals surface area contributed by atoms with Gasteiger partial charge < -0.3 is 15.8 Å². The molecule has 0 radical (unpaired) electrons. The number of amides is 1. The van der Waals surface area contributed by atoms with Crippen molar-refractivity contribution in [3.05, 3.63) is 48.8 Å². The van der Waals surface area contributed by atoms with Gasteiger partial charge in [-0.05, 0) is 49.2 Å². The SMILES string of the molecule is NC1(C(=O)Nc2ccc(Oc3ccncc3)cc2)CCCCC1. The molecule has 0 saturated heterocycles. The van der Waals surface area contributed by atoms with E-state index in [1.807, 2.05) is 24.3 Å². The molecule has 0 unspecified atom stereocenters. The Balaban J connectivity index is 1.62. The lowest BCUT2D eigenvalue weighted by molar-refractivity contribution is -0.122. The van der Waals surface area contributed by atoms with Gasteiger partial charge in [0.25, 0.3) is 0 Å². The van der Waals surface area contributed by atoms with Crippen LogP contribution < -0.4 is 15.8 Å². The fourth-order valence-corrected chi connectivity index (χ4v) is 2.81. The van der Waals surface area contributed by atoms with Crippen molar-refractivity contribution in [2.75, 3.05) is 5.32 Å². The van der Waals surface area contributed by atoms with E-state index in [1.54, 1.807) is 24.5 Å². The zero-order chi connectivity index (χ0) is 16.1. The molecule has 3 rings (SSSR count). The monoisotopic (exact) mass is 311 g/mol. The molecule has 5 nitrogen and oxygen atoms in total. The van der Waals surface area contributed by atoms with Crippen LogP contribution in [0.3, 0.4) is 0 Å². The quantitative estimate of drug-likeness (QED) is 0.906. The van der Waals surface area contributed by atoms with Gasteiger partial charge in [0.2, 0.25) is 5.91 Å². The predicted octanol–water partition coefficient (Wildman–Crippen LogP) is 3.47. The zero-order valence-electron chi connectivity index (χ0n) is 13.0. The van der Waals surface area contributed by atoms with Crippen LogP contribution in [0.25, 0.3) is 0 Å². The summed E-state index contributed by atoms with van der Waals surface area (Å²) in [5, 5.41) is 2.91. The second-order valence-electron chi connectivity index (χ2n) is 5.98. The number of carbonyl (C=O) groups is 1. The fourth-order valence-electron chi connectivity index (χ4n) is 2.81. The molecule has 0 atom stereocenters. The van der Waals surface area contributed by atoms with Crippen molar-refractivity contribution in [2.45, 2.75) is 37.6 Å². The number of anilines is 1. The van der Waals surface area contributed by atoms with Gasteiger partial charge in [0.05, 0.1) is 5.54 Å². The maximum Gasteiger partial charge on any atom is 0.244 e. The van der Waals surface area contributed by atoms with Gasteiger partial charge in [0.1, 0.15) is 11.5 Å². The number of benzene rings is 1. The second kappa shape index (κ2) is 6.79. The summed E-state index contributed by atoms with van der Waals surface area (Å²) in [6, 6.07) is 10.9. The number of nitrogens with one attached hydrogen (secondary N) is 1. The van der Waals surface area contributed by atoms with Crippen LogP contribution in [0, 0.1) is 0 Å². The fraction of sp³-hybridized carbons (Fsp3) is 0.333. The number of nitrogens with zero attached hydrogens (tertiary/aromatic N) is 1. The molecule has 1 fully saturated rings. The number of pyridine rings is 1. The number of ether oxygens (including phenoxy) is 1. The molecular formula is C18H21N3O2. The summed E-state index contributed by atoms with van der Waals surface area (Å²) < 4.78 is 5.70. The molecule has 1 aliphatic carbocycles. The summed E-state index contributed by atoms with van der Waals surface area (Å²) in [6.07, 6.45) is 8.05. The smallest absolute Gasteiger partial charge is 0.244 e. The first-order valence-corrected chi connectivity index (χ1v) is 7.94. The van der Waals surface area contributed by atoms with Crippen molar-refractivity contribution >= 4 is 11.6 Å². The Bertz CT molecular complexity index is 650. The highest BCUT2D eigenvalue weighted by molar-refractivity contribution is 5.98. The average Bonchev–Trinajstić information content (AvgIpc) is 2.58. The lowest BCUT2D eigenvalue weighted by atomic mass is 9.82. The number of hydrogen-bond acceptors (Lipinski definition) is 4. The third kappa shape index (κ3) is 3.87. The average molecular weight is 311 g/mol. The van der Waals surface area contributed by atoms with Crippen molar-refractivity contribution in [1.29, 1.82) is 0 Å². The van der Waals surface area contributed by atoms with Crippen LogP contribution in [0.15, 0.2) is 48.8 Å². The van der Waals surface area contributed by atoms with Gasteiger partial charge in [-0.2, -0.15) is 0 Å². The van der Waals surface area contributed by atoms with Crippen molar-refractivity contribution in [3.8, 4) is 11.5 Å². The minimum Gasteiger partial charge on any atom is -0.457 e. The lowest BCUT2D eigenvalue weighted by Crippen LogP contribution is -2.52. The molecule has 1 saturated carbocycles. The minimum atomic E-state index is -0.732. The lowest BCUT2D eigenvalue weighted by Gasteiger charge is -2.31. The summed E-state index contributed by atoms with van der Waals surface area (Å²) in [4.78, 5) is 16.3. The third-order valence-corrected chi connectivity index (χ3v) is 4.20. The summed E-state index contributed by atoms with van der Waals surface area (Å²) in [5.41, 5.74) is 6.24. The summed E-state index contributed by atoms with van der Waals surface area (Å²) in [6.45, 7) is 0. The Labute approximate surface area is 135 Å². The number of nitrogens with two attached hydrogens (primary N) is 1. The molecule has 0 bridgehead atoms. The van der Waals surface area contributed by atoms with Crippen LogP contribution in [0.5, 0.6) is 11.5 Å². The molecule has 23 heavy (non-hydrogen) atoms. The highest BCUT2D eigenvalue weighted by atomic mass is 16.5.